The fourth-order valence-corrected chi connectivity index (χ4v) is 4.48. The molecule has 0 spiro atoms. The Bertz CT molecular complexity index is 1500. The van der Waals surface area contributed by atoms with Crippen molar-refractivity contribution in [3.05, 3.63) is 64.7 Å². The first kappa shape index (κ1) is 31.7. The summed E-state index contributed by atoms with van der Waals surface area (Å²) in [6.45, 7) is 6.36. The summed E-state index contributed by atoms with van der Waals surface area (Å²) >= 11 is 0. The maximum atomic E-state index is 13.4. The van der Waals surface area contributed by atoms with Crippen molar-refractivity contribution in [1.82, 2.24) is 9.55 Å². The van der Waals surface area contributed by atoms with Crippen LogP contribution >= 0.6 is 0 Å². The van der Waals surface area contributed by atoms with Gasteiger partial charge in [0.1, 0.15) is 30.9 Å². The van der Waals surface area contributed by atoms with Crippen LogP contribution in [0.3, 0.4) is 0 Å². The van der Waals surface area contributed by atoms with Crippen molar-refractivity contribution in [2.24, 2.45) is 0 Å². The van der Waals surface area contributed by atoms with E-state index >= 15 is 0 Å². The maximum Gasteiger partial charge on any atom is 0.303 e. The zero-order valence-corrected chi connectivity index (χ0v) is 23.9. The molecular weight excluding hydrogens is 550 g/mol. The number of hydrogen-bond acceptors (Lipinski definition) is 11. The summed E-state index contributed by atoms with van der Waals surface area (Å²) in [4.78, 5) is 62.0. The van der Waals surface area contributed by atoms with Gasteiger partial charge in [-0.1, -0.05) is 18.2 Å². The second-order valence-electron chi connectivity index (χ2n) is 9.45. The summed E-state index contributed by atoms with van der Waals surface area (Å²) in [5, 5.41) is 11.0. The minimum atomic E-state index is -0.976. The number of anilines is 1. The molecule has 0 aliphatic carbocycles. The monoisotopic (exact) mass is 583 g/mol. The first-order valence-electron chi connectivity index (χ1n) is 13.0. The van der Waals surface area contributed by atoms with Crippen LogP contribution in [0.1, 0.15) is 39.9 Å². The van der Waals surface area contributed by atoms with Crippen molar-refractivity contribution in [2.45, 2.75) is 65.6 Å². The van der Waals surface area contributed by atoms with Crippen molar-refractivity contribution >= 4 is 40.5 Å². The molecule has 0 bridgehead atoms. The molecule has 4 atom stereocenters. The predicted octanol–water partition coefficient (Wildman–Crippen LogP) is 2.74. The molecule has 13 heteroatoms. The van der Waals surface area contributed by atoms with Crippen LogP contribution in [0.25, 0.3) is 16.6 Å². The van der Waals surface area contributed by atoms with Gasteiger partial charge >= 0.3 is 17.9 Å². The second kappa shape index (κ2) is 14.2. The van der Waals surface area contributed by atoms with E-state index in [1.807, 2.05) is 30.3 Å². The van der Waals surface area contributed by atoms with Crippen molar-refractivity contribution in [2.75, 3.05) is 11.9 Å². The van der Waals surface area contributed by atoms with Gasteiger partial charge in [-0.3, -0.25) is 28.5 Å². The Labute approximate surface area is 241 Å². The van der Waals surface area contributed by atoms with Gasteiger partial charge in [0.05, 0.1) is 16.6 Å². The predicted molar refractivity (Wildman–Crippen MR) is 150 cm³/mol. The Morgan fingerprint density at radius 3 is 2.24 bits per heavy atom. The summed E-state index contributed by atoms with van der Waals surface area (Å²) in [6, 6.07) is 14.4. The second-order valence-corrected chi connectivity index (χ2v) is 9.45. The number of aliphatic carboxylic acids is 1. The highest BCUT2D eigenvalue weighted by Gasteiger charge is 2.43. The lowest BCUT2D eigenvalue weighted by Crippen LogP contribution is -2.55. The number of carboxylic acid groups (broad SMARTS) is 1. The fraction of sp³-hybridized carbons (Fsp3) is 0.379. The largest absolute Gasteiger partial charge is 0.481 e. The summed E-state index contributed by atoms with van der Waals surface area (Å²) in [5.74, 6) is -1.98. The number of carbonyl (C=O) groups is 4. The Balaban J connectivity index is 0.00000114. The molecule has 4 rings (SSSR count). The molecule has 1 aliphatic heterocycles. The molecule has 2 heterocycles. The normalized spacial score (nSPS) is 19.5. The lowest BCUT2D eigenvalue weighted by molar-refractivity contribution is -0.211. The summed E-state index contributed by atoms with van der Waals surface area (Å²) < 4.78 is 23.5. The third-order valence-electron chi connectivity index (χ3n) is 5.97. The zero-order chi connectivity index (χ0) is 31.0. The molecule has 2 aromatic carbocycles. The molecule has 0 saturated carbocycles. The molecule has 42 heavy (non-hydrogen) atoms. The Morgan fingerprint density at radius 1 is 1.00 bits per heavy atom. The zero-order valence-electron chi connectivity index (χ0n) is 23.9. The van der Waals surface area contributed by atoms with Gasteiger partial charge < -0.3 is 29.4 Å². The standard InChI is InChI=1S/C27H29N3O8.C2H4O2/c1-15-28-22-11-10-19(12-21(22)27(34)30(15)20-8-6-5-7-9-20)29-25-13-23(36-17(3)32)26(37-18(4)33)24(38-25)14-35-16(2)31;1-2(3)4/h5-12,23-26,29H,13-14H2,1-4H3;1H3,(H,3,4). The third kappa shape index (κ3) is 8.61. The van der Waals surface area contributed by atoms with E-state index < -0.39 is 48.4 Å². The Hall–Kier alpha value is -4.78. The maximum absolute atomic E-state index is 13.4. The highest BCUT2D eigenvalue weighted by atomic mass is 16.6. The van der Waals surface area contributed by atoms with Crippen LogP contribution in [0, 0.1) is 6.92 Å². The van der Waals surface area contributed by atoms with Gasteiger partial charge in [-0.2, -0.15) is 0 Å². The van der Waals surface area contributed by atoms with E-state index in [9.17, 15) is 19.2 Å². The van der Waals surface area contributed by atoms with Crippen LogP contribution < -0.4 is 10.9 Å². The quantitative estimate of drug-likeness (QED) is 0.308. The lowest BCUT2D eigenvalue weighted by atomic mass is 10.00. The van der Waals surface area contributed by atoms with Crippen molar-refractivity contribution in [3.63, 3.8) is 0 Å². The van der Waals surface area contributed by atoms with Gasteiger partial charge in [0.25, 0.3) is 11.5 Å². The summed E-state index contributed by atoms with van der Waals surface area (Å²) in [5.41, 5.74) is 1.57. The first-order chi connectivity index (χ1) is 19.8. The number of fused-ring (bicyclic) bond motifs is 1. The number of ether oxygens (including phenoxy) is 4. The number of carbonyl (C=O) groups excluding carboxylic acids is 3. The molecule has 1 aromatic heterocycles. The van der Waals surface area contributed by atoms with E-state index in [1.165, 1.54) is 20.8 Å². The van der Waals surface area contributed by atoms with Crippen LogP contribution in [0.5, 0.6) is 0 Å². The van der Waals surface area contributed by atoms with Crippen LogP contribution in [0.4, 0.5) is 5.69 Å². The van der Waals surface area contributed by atoms with Crippen LogP contribution in [0.15, 0.2) is 53.3 Å². The van der Waals surface area contributed by atoms with Crippen molar-refractivity contribution < 1.29 is 43.2 Å². The SMILES string of the molecule is CC(=O)O.CC(=O)OCC1OC(Nc2ccc3nc(C)n(-c4ccccc4)c(=O)c3c2)CC(OC(C)=O)C1OC(C)=O. The van der Waals surface area contributed by atoms with Gasteiger partial charge in [-0.25, -0.2) is 4.98 Å². The Morgan fingerprint density at radius 2 is 1.64 bits per heavy atom. The summed E-state index contributed by atoms with van der Waals surface area (Å²) in [6.07, 6.45) is -3.33. The van der Waals surface area contributed by atoms with Gasteiger partial charge in [-0.15, -0.1) is 0 Å². The van der Waals surface area contributed by atoms with E-state index in [2.05, 4.69) is 10.3 Å². The number of carboxylic acids is 1. The van der Waals surface area contributed by atoms with Crippen LogP contribution in [-0.4, -0.2) is 69.7 Å². The number of esters is 3. The number of rotatable bonds is 7. The highest BCUT2D eigenvalue weighted by Crippen LogP contribution is 2.28. The molecule has 1 fully saturated rings. The molecule has 224 valence electrons. The van der Waals surface area contributed by atoms with E-state index in [1.54, 1.807) is 29.7 Å². The number of benzene rings is 2. The summed E-state index contributed by atoms with van der Waals surface area (Å²) in [7, 11) is 0. The number of nitrogens with one attached hydrogen (secondary N) is 1. The first-order valence-corrected chi connectivity index (χ1v) is 13.0. The van der Waals surface area contributed by atoms with Crippen LogP contribution in [0.2, 0.25) is 0 Å². The van der Waals surface area contributed by atoms with Crippen LogP contribution in [-0.2, 0) is 38.1 Å². The topological polar surface area (TPSA) is 172 Å². The molecule has 13 nitrogen and oxygen atoms in total. The third-order valence-corrected chi connectivity index (χ3v) is 5.97. The van der Waals surface area contributed by atoms with E-state index in [4.69, 9.17) is 28.8 Å². The number of para-hydroxylation sites is 1. The van der Waals surface area contributed by atoms with Crippen molar-refractivity contribution in [3.8, 4) is 5.69 Å². The van der Waals surface area contributed by atoms with E-state index in [-0.39, 0.29) is 18.6 Å². The number of aromatic nitrogens is 2. The average Bonchev–Trinajstić information content (AvgIpc) is 2.89. The lowest BCUT2D eigenvalue weighted by Gasteiger charge is -2.40. The number of aryl methyl sites for hydroxylation is 1. The van der Waals surface area contributed by atoms with Gasteiger partial charge in [0.2, 0.25) is 0 Å². The minimum absolute atomic E-state index is 0.131. The molecule has 1 aliphatic rings. The van der Waals surface area contributed by atoms with E-state index in [0.717, 1.165) is 6.92 Å². The molecule has 0 radical (unpaired) electrons. The van der Waals surface area contributed by atoms with Gasteiger partial charge in [0, 0.05) is 39.8 Å². The number of nitrogens with zero attached hydrogens (tertiary/aromatic N) is 2. The average molecular weight is 584 g/mol. The molecular formula is C29H33N3O10. The molecule has 2 N–H and O–H groups in total. The number of hydrogen-bond donors (Lipinski definition) is 2. The highest BCUT2D eigenvalue weighted by molar-refractivity contribution is 5.82. The molecule has 3 aromatic rings. The molecule has 1 saturated heterocycles. The molecule has 4 unspecified atom stereocenters. The Kier molecular flexibility index (Phi) is 10.7. The van der Waals surface area contributed by atoms with Gasteiger partial charge in [-0.05, 0) is 37.3 Å². The minimum Gasteiger partial charge on any atom is -0.481 e. The van der Waals surface area contributed by atoms with E-state index in [0.29, 0.717) is 28.1 Å². The molecule has 0 amide bonds. The smallest absolute Gasteiger partial charge is 0.303 e. The van der Waals surface area contributed by atoms with Crippen molar-refractivity contribution in [1.29, 1.82) is 0 Å². The fourth-order valence-electron chi connectivity index (χ4n) is 4.48. The van der Waals surface area contributed by atoms with Gasteiger partial charge in [0.15, 0.2) is 6.10 Å².